The number of aromatic nitrogens is 5. The molecule has 7 heteroatoms. The van der Waals surface area contributed by atoms with Gasteiger partial charge in [-0.15, -0.1) is 21.5 Å². The first-order valence-corrected chi connectivity index (χ1v) is 9.05. The molecule has 0 amide bonds. The van der Waals surface area contributed by atoms with Crippen LogP contribution in [-0.4, -0.2) is 31.3 Å². The minimum Gasteiger partial charge on any atom is -0.347 e. The van der Waals surface area contributed by atoms with Gasteiger partial charge in [0.05, 0.1) is 11.9 Å². The van der Waals surface area contributed by atoms with E-state index in [0.717, 1.165) is 47.3 Å². The van der Waals surface area contributed by atoms with Crippen LogP contribution < -0.4 is 4.90 Å². The second-order valence-electron chi connectivity index (χ2n) is 6.13. The van der Waals surface area contributed by atoms with Crippen LogP contribution in [0.3, 0.4) is 0 Å². The standard InChI is InChI=1S/C18H16N6S/c1-12-21-22-16-10-23(7-8-24(12)16)17-14-9-15(13-5-3-2-4-6-13)25-18(14)20-11-19-17/h2-6,9,11H,7-8,10H2,1H3. The van der Waals surface area contributed by atoms with Gasteiger partial charge in [-0.3, -0.25) is 0 Å². The number of fused-ring (bicyclic) bond motifs is 2. The van der Waals surface area contributed by atoms with Gasteiger partial charge in [0.1, 0.15) is 22.8 Å². The summed E-state index contributed by atoms with van der Waals surface area (Å²) >= 11 is 1.71. The van der Waals surface area contributed by atoms with Crippen LogP contribution in [0.25, 0.3) is 20.7 Å². The van der Waals surface area contributed by atoms with E-state index in [1.807, 2.05) is 13.0 Å². The van der Waals surface area contributed by atoms with Crippen molar-refractivity contribution in [3.05, 3.63) is 54.4 Å². The van der Waals surface area contributed by atoms with Gasteiger partial charge in [0.15, 0.2) is 5.82 Å². The number of aryl methyl sites for hydroxylation is 1. The molecule has 0 unspecified atom stereocenters. The number of nitrogens with zero attached hydrogens (tertiary/aromatic N) is 6. The lowest BCUT2D eigenvalue weighted by molar-refractivity contribution is 0.548. The fourth-order valence-electron chi connectivity index (χ4n) is 3.32. The Bertz CT molecular complexity index is 1050. The molecule has 0 aliphatic carbocycles. The van der Waals surface area contributed by atoms with Crippen LogP contribution in [0.5, 0.6) is 0 Å². The molecule has 0 bridgehead atoms. The Kier molecular flexibility index (Phi) is 3.27. The minimum atomic E-state index is 0.726. The van der Waals surface area contributed by atoms with E-state index in [1.165, 1.54) is 10.4 Å². The first-order valence-electron chi connectivity index (χ1n) is 8.23. The lowest BCUT2D eigenvalue weighted by Crippen LogP contribution is -2.34. The molecule has 4 heterocycles. The van der Waals surface area contributed by atoms with Gasteiger partial charge in [-0.2, -0.15) is 0 Å². The molecule has 1 aromatic carbocycles. The largest absolute Gasteiger partial charge is 0.347 e. The number of thiophene rings is 1. The summed E-state index contributed by atoms with van der Waals surface area (Å²) < 4.78 is 2.18. The van der Waals surface area contributed by atoms with Crippen LogP contribution in [0.1, 0.15) is 11.6 Å². The molecule has 25 heavy (non-hydrogen) atoms. The molecule has 4 aromatic rings. The van der Waals surface area contributed by atoms with E-state index in [0.29, 0.717) is 0 Å². The van der Waals surface area contributed by atoms with Gasteiger partial charge in [-0.25, -0.2) is 9.97 Å². The van der Waals surface area contributed by atoms with Crippen molar-refractivity contribution in [1.29, 1.82) is 0 Å². The maximum Gasteiger partial charge on any atom is 0.152 e. The lowest BCUT2D eigenvalue weighted by Gasteiger charge is -2.28. The first kappa shape index (κ1) is 14.5. The van der Waals surface area contributed by atoms with Crippen molar-refractivity contribution in [2.24, 2.45) is 0 Å². The van der Waals surface area contributed by atoms with Gasteiger partial charge in [0.2, 0.25) is 0 Å². The van der Waals surface area contributed by atoms with E-state index in [-0.39, 0.29) is 0 Å². The molecular weight excluding hydrogens is 332 g/mol. The van der Waals surface area contributed by atoms with Crippen LogP contribution in [-0.2, 0) is 13.1 Å². The van der Waals surface area contributed by atoms with Crippen molar-refractivity contribution in [1.82, 2.24) is 24.7 Å². The van der Waals surface area contributed by atoms with E-state index >= 15 is 0 Å². The predicted molar refractivity (Wildman–Crippen MR) is 98.7 cm³/mol. The Morgan fingerprint density at radius 2 is 1.92 bits per heavy atom. The van der Waals surface area contributed by atoms with Gasteiger partial charge in [0.25, 0.3) is 0 Å². The zero-order chi connectivity index (χ0) is 16.8. The van der Waals surface area contributed by atoms with Gasteiger partial charge < -0.3 is 9.47 Å². The van der Waals surface area contributed by atoms with Crippen LogP contribution in [0.2, 0.25) is 0 Å². The van der Waals surface area contributed by atoms with Crippen molar-refractivity contribution >= 4 is 27.4 Å². The van der Waals surface area contributed by atoms with Gasteiger partial charge in [-0.05, 0) is 18.6 Å². The molecule has 0 saturated heterocycles. The van der Waals surface area contributed by atoms with E-state index in [1.54, 1.807) is 17.7 Å². The van der Waals surface area contributed by atoms with Crippen LogP contribution in [0.15, 0.2) is 42.7 Å². The molecule has 1 aliphatic heterocycles. The minimum absolute atomic E-state index is 0.726. The second-order valence-corrected chi connectivity index (χ2v) is 7.16. The predicted octanol–water partition coefficient (Wildman–Crippen LogP) is 3.28. The highest BCUT2D eigenvalue weighted by atomic mass is 32.1. The third-order valence-corrected chi connectivity index (χ3v) is 5.70. The maximum absolute atomic E-state index is 4.58. The Hall–Kier alpha value is -2.80. The molecule has 124 valence electrons. The number of hydrogen-bond donors (Lipinski definition) is 0. The fourth-order valence-corrected chi connectivity index (χ4v) is 4.32. The van der Waals surface area contributed by atoms with Crippen molar-refractivity contribution in [2.45, 2.75) is 20.0 Å². The average Bonchev–Trinajstić information content (AvgIpc) is 3.26. The molecule has 0 radical (unpaired) electrons. The Morgan fingerprint density at radius 3 is 2.80 bits per heavy atom. The van der Waals surface area contributed by atoms with E-state index in [2.05, 4.69) is 60.0 Å². The van der Waals surface area contributed by atoms with Crippen molar-refractivity contribution < 1.29 is 0 Å². The average molecular weight is 348 g/mol. The molecule has 0 spiro atoms. The SMILES string of the molecule is Cc1nnc2n1CCN(c1ncnc3sc(-c4ccccc4)cc13)C2. The Morgan fingerprint density at radius 1 is 1.04 bits per heavy atom. The highest BCUT2D eigenvalue weighted by Crippen LogP contribution is 2.36. The molecular formula is C18H16N6S. The maximum atomic E-state index is 4.58. The summed E-state index contributed by atoms with van der Waals surface area (Å²) in [7, 11) is 0. The van der Waals surface area contributed by atoms with Crippen molar-refractivity contribution in [3.63, 3.8) is 0 Å². The van der Waals surface area contributed by atoms with Crippen LogP contribution >= 0.6 is 11.3 Å². The van der Waals surface area contributed by atoms with Crippen LogP contribution in [0.4, 0.5) is 5.82 Å². The summed E-state index contributed by atoms with van der Waals surface area (Å²) in [4.78, 5) is 13.6. The van der Waals surface area contributed by atoms with E-state index < -0.39 is 0 Å². The number of benzene rings is 1. The highest BCUT2D eigenvalue weighted by molar-refractivity contribution is 7.21. The summed E-state index contributed by atoms with van der Waals surface area (Å²) in [6.45, 7) is 4.51. The molecule has 3 aromatic heterocycles. The zero-order valence-electron chi connectivity index (χ0n) is 13.8. The summed E-state index contributed by atoms with van der Waals surface area (Å²) in [6.07, 6.45) is 1.66. The number of rotatable bonds is 2. The molecule has 0 saturated carbocycles. The van der Waals surface area contributed by atoms with Gasteiger partial charge >= 0.3 is 0 Å². The topological polar surface area (TPSA) is 59.7 Å². The number of anilines is 1. The Labute approximate surface area is 148 Å². The van der Waals surface area contributed by atoms with E-state index in [9.17, 15) is 0 Å². The first-order chi connectivity index (χ1) is 12.3. The smallest absolute Gasteiger partial charge is 0.152 e. The second kappa shape index (κ2) is 5.63. The fraction of sp³-hybridized carbons (Fsp3) is 0.222. The normalized spacial score (nSPS) is 14.0. The molecule has 1 aliphatic rings. The zero-order valence-corrected chi connectivity index (χ0v) is 14.6. The monoisotopic (exact) mass is 348 g/mol. The molecule has 6 nitrogen and oxygen atoms in total. The molecule has 0 atom stereocenters. The summed E-state index contributed by atoms with van der Waals surface area (Å²) in [6, 6.07) is 12.6. The lowest BCUT2D eigenvalue weighted by atomic mass is 10.2. The summed E-state index contributed by atoms with van der Waals surface area (Å²) in [5.41, 5.74) is 1.21. The van der Waals surface area contributed by atoms with Gasteiger partial charge in [0, 0.05) is 18.0 Å². The van der Waals surface area contributed by atoms with Gasteiger partial charge in [-0.1, -0.05) is 30.3 Å². The Balaban J connectivity index is 1.57. The summed E-state index contributed by atoms with van der Waals surface area (Å²) in [5.74, 6) is 2.95. The number of hydrogen-bond acceptors (Lipinski definition) is 6. The third kappa shape index (κ3) is 2.39. The molecule has 0 N–H and O–H groups in total. The summed E-state index contributed by atoms with van der Waals surface area (Å²) in [5, 5.41) is 9.59. The highest BCUT2D eigenvalue weighted by Gasteiger charge is 2.23. The van der Waals surface area contributed by atoms with Crippen molar-refractivity contribution in [2.75, 3.05) is 11.4 Å². The third-order valence-electron chi connectivity index (χ3n) is 4.60. The quantitative estimate of drug-likeness (QED) is 0.556. The van der Waals surface area contributed by atoms with Crippen molar-refractivity contribution in [3.8, 4) is 10.4 Å². The molecule has 5 rings (SSSR count). The molecule has 0 fully saturated rings. The van der Waals surface area contributed by atoms with Crippen LogP contribution in [0, 0.1) is 6.92 Å². The van der Waals surface area contributed by atoms with E-state index in [4.69, 9.17) is 0 Å².